The van der Waals surface area contributed by atoms with Crippen LogP contribution in [-0.4, -0.2) is 0 Å². The summed E-state index contributed by atoms with van der Waals surface area (Å²) in [5, 5.41) is 0. The molecule has 0 heteroatoms. The molecule has 0 aliphatic rings. The average molecular weight is 633 g/mol. The third-order valence-corrected chi connectivity index (χ3v) is 8.55. The van der Waals surface area contributed by atoms with Gasteiger partial charge >= 0.3 is 0 Å². The van der Waals surface area contributed by atoms with Gasteiger partial charge in [0.1, 0.15) is 0 Å². The lowest BCUT2D eigenvalue weighted by Crippen LogP contribution is -1.83. The van der Waals surface area contributed by atoms with Crippen LogP contribution in [0.1, 0.15) is 72.2 Å². The van der Waals surface area contributed by atoms with Crippen molar-refractivity contribution < 1.29 is 0 Å². The zero-order valence-corrected chi connectivity index (χ0v) is 30.7. The van der Waals surface area contributed by atoms with E-state index in [0.29, 0.717) is 0 Å². The Morgan fingerprint density at radius 3 is 0.562 bits per heavy atom. The summed E-state index contributed by atoms with van der Waals surface area (Å²) in [5.74, 6) is 0. The van der Waals surface area contributed by atoms with Gasteiger partial charge in [0.2, 0.25) is 0 Å². The van der Waals surface area contributed by atoms with Gasteiger partial charge in [-0.2, -0.15) is 0 Å². The smallest absolute Gasteiger partial charge is 0.0184 e. The largest absolute Gasteiger partial charge is 0.0613 e. The number of hydrogen-bond donors (Lipinski definition) is 0. The zero-order valence-electron chi connectivity index (χ0n) is 30.7. The number of aryl methyl sites for hydroxylation is 8. The lowest BCUT2D eigenvalue weighted by Gasteiger charge is -2.04. The molecule has 6 aromatic carbocycles. The minimum Gasteiger partial charge on any atom is -0.0613 e. The molecule has 0 heterocycles. The van der Waals surface area contributed by atoms with Crippen LogP contribution in [0.2, 0.25) is 0 Å². The summed E-state index contributed by atoms with van der Waals surface area (Å²) in [6, 6.07) is 52.2. The summed E-state index contributed by atoms with van der Waals surface area (Å²) in [5.41, 5.74) is 16.1. The molecule has 0 radical (unpaired) electrons. The van der Waals surface area contributed by atoms with Crippen molar-refractivity contribution in [3.05, 3.63) is 190 Å². The minimum atomic E-state index is 1.11. The van der Waals surface area contributed by atoms with E-state index < -0.39 is 0 Å². The van der Waals surface area contributed by atoms with E-state index in [1.807, 2.05) is 0 Å². The van der Waals surface area contributed by atoms with Crippen LogP contribution in [0, 0.1) is 27.7 Å². The van der Waals surface area contributed by atoms with Crippen molar-refractivity contribution in [3.63, 3.8) is 0 Å². The first-order valence-corrected chi connectivity index (χ1v) is 17.7. The lowest BCUT2D eigenvalue weighted by atomic mass is 10.0. The average Bonchev–Trinajstić information content (AvgIpc) is 3.14. The molecule has 6 rings (SSSR count). The molecule has 0 saturated heterocycles. The predicted octanol–water partition coefficient (Wildman–Crippen LogP) is 13.6. The standard InChI is InChI=1S/C16H18.C14H14.C10H14.C8H10/c1-3-13-5-9-15(10-6-13)16-11-7-14(4-2)8-12-16;1-11-3-7-13(8-4-11)14-9-5-12(2)6-10-14;1-3-9-5-7-10(4-2)8-6-9;1-7-3-5-8(2)6-4-7/h5-12H,3-4H2,1-2H3;3-10H,1-2H3;5-8H,3-4H2,1-2H3;3-6H,1-2H3. The molecule has 0 aromatic heterocycles. The first-order valence-electron chi connectivity index (χ1n) is 17.7. The molecule has 0 aliphatic heterocycles. The molecule has 0 N–H and O–H groups in total. The molecule has 0 spiro atoms. The molecule has 0 saturated carbocycles. The van der Waals surface area contributed by atoms with Gasteiger partial charge < -0.3 is 0 Å². The molecule has 6 aromatic rings. The van der Waals surface area contributed by atoms with E-state index in [-0.39, 0.29) is 0 Å². The van der Waals surface area contributed by atoms with Crippen molar-refractivity contribution in [2.45, 2.75) is 81.1 Å². The Bertz CT molecular complexity index is 1570. The molecule has 0 atom stereocenters. The van der Waals surface area contributed by atoms with E-state index in [9.17, 15) is 0 Å². The van der Waals surface area contributed by atoms with Gasteiger partial charge in [-0.1, -0.05) is 196 Å². The van der Waals surface area contributed by atoms with Crippen molar-refractivity contribution in [2.24, 2.45) is 0 Å². The van der Waals surface area contributed by atoms with E-state index >= 15 is 0 Å². The highest BCUT2D eigenvalue weighted by Gasteiger charge is 1.98. The second-order valence-electron chi connectivity index (χ2n) is 12.5. The van der Waals surface area contributed by atoms with Gasteiger partial charge in [-0.25, -0.2) is 0 Å². The van der Waals surface area contributed by atoms with Crippen molar-refractivity contribution in [2.75, 3.05) is 0 Å². The maximum atomic E-state index is 2.21. The Kier molecular flexibility index (Phi) is 16.2. The fourth-order valence-corrected chi connectivity index (χ4v) is 5.01. The van der Waals surface area contributed by atoms with Crippen LogP contribution >= 0.6 is 0 Å². The third kappa shape index (κ3) is 13.2. The molecule has 0 aliphatic carbocycles. The zero-order chi connectivity index (χ0) is 34.7. The lowest BCUT2D eigenvalue weighted by molar-refractivity contribution is 1.10. The first kappa shape index (κ1) is 37.8. The molecule has 0 fully saturated rings. The summed E-state index contributed by atoms with van der Waals surface area (Å²) in [6.07, 6.45) is 4.50. The third-order valence-electron chi connectivity index (χ3n) is 8.55. The van der Waals surface area contributed by atoms with E-state index in [1.54, 1.807) is 0 Å². The molecule has 48 heavy (non-hydrogen) atoms. The molecule has 0 nitrogen and oxygen atoms in total. The van der Waals surface area contributed by atoms with Gasteiger partial charge in [0.05, 0.1) is 0 Å². The highest BCUT2D eigenvalue weighted by Crippen LogP contribution is 2.21. The topological polar surface area (TPSA) is 0 Å². The maximum Gasteiger partial charge on any atom is -0.0184 e. The normalized spacial score (nSPS) is 10.0. The van der Waals surface area contributed by atoms with E-state index in [1.165, 1.54) is 66.8 Å². The highest BCUT2D eigenvalue weighted by molar-refractivity contribution is 5.64. The Hall–Kier alpha value is -4.68. The van der Waals surface area contributed by atoms with Gasteiger partial charge in [0.25, 0.3) is 0 Å². The second-order valence-corrected chi connectivity index (χ2v) is 12.5. The van der Waals surface area contributed by atoms with Crippen molar-refractivity contribution in [1.82, 2.24) is 0 Å². The first-order chi connectivity index (χ1) is 23.2. The molecule has 0 amide bonds. The summed E-state index contributed by atoms with van der Waals surface area (Å²) in [7, 11) is 0. The van der Waals surface area contributed by atoms with Gasteiger partial charge in [-0.05, 0) is 97.9 Å². The summed E-state index contributed by atoms with van der Waals surface area (Å²) in [4.78, 5) is 0. The van der Waals surface area contributed by atoms with Crippen LogP contribution < -0.4 is 0 Å². The van der Waals surface area contributed by atoms with Crippen molar-refractivity contribution >= 4 is 0 Å². The number of benzene rings is 6. The van der Waals surface area contributed by atoms with E-state index in [2.05, 4.69) is 201 Å². The number of rotatable bonds is 6. The summed E-state index contributed by atoms with van der Waals surface area (Å²) < 4.78 is 0. The van der Waals surface area contributed by atoms with Crippen LogP contribution in [0.4, 0.5) is 0 Å². The molecule has 248 valence electrons. The summed E-state index contributed by atoms with van der Waals surface area (Å²) in [6.45, 7) is 17.1. The van der Waals surface area contributed by atoms with Crippen LogP contribution in [0.25, 0.3) is 22.3 Å². The minimum absolute atomic E-state index is 1.11. The van der Waals surface area contributed by atoms with E-state index in [4.69, 9.17) is 0 Å². The van der Waals surface area contributed by atoms with Gasteiger partial charge in [-0.15, -0.1) is 0 Å². The van der Waals surface area contributed by atoms with Gasteiger partial charge in [-0.3, -0.25) is 0 Å². The monoisotopic (exact) mass is 632 g/mol. The Morgan fingerprint density at radius 1 is 0.229 bits per heavy atom. The van der Waals surface area contributed by atoms with Crippen molar-refractivity contribution in [1.29, 1.82) is 0 Å². The SMILES string of the molecule is CCc1ccc(-c2ccc(CC)cc2)cc1.CCc1ccc(CC)cc1.Cc1ccc(-c2ccc(C)cc2)cc1.Cc1ccc(C)cc1. The summed E-state index contributed by atoms with van der Waals surface area (Å²) >= 11 is 0. The Labute approximate surface area is 292 Å². The Balaban J connectivity index is 0.000000179. The quantitative estimate of drug-likeness (QED) is 0.171. The predicted molar refractivity (Wildman–Crippen MR) is 213 cm³/mol. The van der Waals surface area contributed by atoms with E-state index in [0.717, 1.165) is 25.7 Å². The molecular weight excluding hydrogens is 577 g/mol. The highest BCUT2D eigenvalue weighted by atomic mass is 14.0. The van der Waals surface area contributed by atoms with Crippen molar-refractivity contribution in [3.8, 4) is 22.3 Å². The Morgan fingerprint density at radius 2 is 0.375 bits per heavy atom. The molecule has 0 bridgehead atoms. The van der Waals surface area contributed by atoms with Crippen LogP contribution in [0.5, 0.6) is 0 Å². The molecule has 0 unspecified atom stereocenters. The van der Waals surface area contributed by atoms with Crippen LogP contribution in [0.15, 0.2) is 146 Å². The number of hydrogen-bond acceptors (Lipinski definition) is 0. The molecular formula is C48H56. The van der Waals surface area contributed by atoms with Gasteiger partial charge in [0, 0.05) is 0 Å². The van der Waals surface area contributed by atoms with Gasteiger partial charge in [0.15, 0.2) is 0 Å². The second kappa shape index (κ2) is 20.5. The van der Waals surface area contributed by atoms with Crippen LogP contribution in [0.3, 0.4) is 0 Å². The van der Waals surface area contributed by atoms with Crippen LogP contribution in [-0.2, 0) is 25.7 Å². The maximum absolute atomic E-state index is 2.21. The fourth-order valence-electron chi connectivity index (χ4n) is 5.01. The fraction of sp³-hybridized carbons (Fsp3) is 0.250.